The summed E-state index contributed by atoms with van der Waals surface area (Å²) < 4.78 is 9.04. The fraction of sp³-hybridized carbons (Fsp3) is 0.237. The second-order valence-corrected chi connectivity index (χ2v) is 34.6. The first-order valence-corrected chi connectivity index (χ1v) is 29.4. The van der Waals surface area contributed by atoms with E-state index in [-0.39, 0.29) is 20.1 Å². The average Bonchev–Trinajstić information content (AvgIpc) is 3.34. The van der Waals surface area contributed by atoms with E-state index in [2.05, 4.69) is 120 Å². The van der Waals surface area contributed by atoms with Crippen molar-refractivity contribution in [3.8, 4) is 22.4 Å². The van der Waals surface area contributed by atoms with E-state index in [0.717, 1.165) is 38.9 Å². The van der Waals surface area contributed by atoms with Gasteiger partial charge in [0.25, 0.3) is 0 Å². The van der Waals surface area contributed by atoms with Gasteiger partial charge in [-0.25, -0.2) is 0 Å². The quantitative estimate of drug-likeness (QED) is 0.128. The predicted octanol–water partition coefficient (Wildman–Crippen LogP) is 9.61. The van der Waals surface area contributed by atoms with E-state index in [1.54, 1.807) is 0 Å². The summed E-state index contributed by atoms with van der Waals surface area (Å²) in [6, 6.07) is 39.5. The Hall–Kier alpha value is -2.43. The van der Waals surface area contributed by atoms with Gasteiger partial charge in [0.15, 0.2) is 0 Å². The Morgan fingerprint density at radius 3 is 1.98 bits per heavy atom. The third-order valence-corrected chi connectivity index (χ3v) is 16.2. The van der Waals surface area contributed by atoms with Gasteiger partial charge in [0.1, 0.15) is 0 Å². The Labute approximate surface area is 276 Å². The molecule has 0 atom stereocenters. The summed E-state index contributed by atoms with van der Waals surface area (Å²) in [5.74, 6) is 14.9. The van der Waals surface area contributed by atoms with Gasteiger partial charge in [-0.05, 0) is 0 Å². The zero-order valence-corrected chi connectivity index (χ0v) is 33.0. The molecular weight excluding hydrogens is 824 g/mol. The number of hydrogen-bond donors (Lipinski definition) is 0. The Kier molecular flexibility index (Phi) is 10.7. The van der Waals surface area contributed by atoms with Crippen molar-refractivity contribution in [2.45, 2.75) is 54.3 Å². The number of furan rings is 1. The van der Waals surface area contributed by atoms with Crippen LogP contribution in [0.5, 0.6) is 0 Å². The molecular formula is C38H40Ge2IrNO. The molecule has 0 spiro atoms. The second kappa shape index (κ2) is 13.7. The van der Waals surface area contributed by atoms with E-state index < -0.39 is 26.5 Å². The molecule has 6 rings (SSSR count). The largest absolute Gasteiger partial charge is 3.00 e. The summed E-state index contributed by atoms with van der Waals surface area (Å²) in [7, 11) is 0. The zero-order chi connectivity index (χ0) is 30.1. The average molecular weight is 864 g/mol. The van der Waals surface area contributed by atoms with Crippen molar-refractivity contribution in [3.05, 3.63) is 115 Å². The molecule has 2 aromatic heterocycles. The fourth-order valence-electron chi connectivity index (χ4n) is 4.89. The minimum Gasteiger partial charge on any atom is 3.00 e. The summed E-state index contributed by atoms with van der Waals surface area (Å²) in [6.07, 6.45) is 2.04. The van der Waals surface area contributed by atoms with E-state index in [1.807, 2.05) is 42.6 Å². The fourth-order valence-corrected chi connectivity index (χ4v) is 9.47. The van der Waals surface area contributed by atoms with Crippen molar-refractivity contribution in [1.29, 1.82) is 0 Å². The van der Waals surface area contributed by atoms with E-state index in [1.165, 1.54) is 19.7 Å². The molecule has 0 fully saturated rings. The van der Waals surface area contributed by atoms with Crippen LogP contribution in [0.3, 0.4) is 0 Å². The first kappa shape index (κ1) is 33.5. The molecule has 0 aliphatic rings. The molecule has 0 aliphatic heterocycles. The molecule has 4 aromatic carbocycles. The van der Waals surface area contributed by atoms with Gasteiger partial charge in [-0.3, -0.25) is 0 Å². The molecule has 220 valence electrons. The third-order valence-electron chi connectivity index (χ3n) is 7.67. The summed E-state index contributed by atoms with van der Waals surface area (Å²) in [6.45, 7) is 4.43. The summed E-state index contributed by atoms with van der Waals surface area (Å²) in [5, 5.41) is 2.34. The SMILES string of the molecule is CC(C)c1cc[c-]c(-c2[c-]cc3oc4c[c]([Ge]([CH3])([CH3])[CH3])ccc4c3c2)c1.[CH3][Ge]([CH3])([CH3])[c]1ccc(-c2[c-]cccc2)nc1.[Ir+3]. The number of nitrogens with zero attached hydrogens (tertiary/aromatic N) is 1. The summed E-state index contributed by atoms with van der Waals surface area (Å²) >= 11 is -3.58. The smallest absolute Gasteiger partial charge is 3.00 e. The second-order valence-electron chi connectivity index (χ2n) is 13.3. The van der Waals surface area contributed by atoms with E-state index in [0.29, 0.717) is 5.92 Å². The first-order chi connectivity index (χ1) is 19.9. The van der Waals surface area contributed by atoms with Gasteiger partial charge < -0.3 is 0 Å². The van der Waals surface area contributed by atoms with Crippen molar-refractivity contribution in [2.24, 2.45) is 0 Å². The molecule has 2 nitrogen and oxygen atoms in total. The predicted molar refractivity (Wildman–Crippen MR) is 185 cm³/mol. The summed E-state index contributed by atoms with van der Waals surface area (Å²) in [4.78, 5) is 4.53. The first-order valence-electron chi connectivity index (χ1n) is 14.7. The van der Waals surface area contributed by atoms with Crippen molar-refractivity contribution in [1.82, 2.24) is 4.98 Å². The van der Waals surface area contributed by atoms with E-state index in [9.17, 15) is 0 Å². The van der Waals surface area contributed by atoms with Crippen LogP contribution in [0.2, 0.25) is 34.5 Å². The minimum atomic E-state index is -1.86. The zero-order valence-electron chi connectivity index (χ0n) is 26.4. The van der Waals surface area contributed by atoms with Gasteiger partial charge in [-0.1, -0.05) is 0 Å². The van der Waals surface area contributed by atoms with Gasteiger partial charge in [-0.15, -0.1) is 0 Å². The van der Waals surface area contributed by atoms with Gasteiger partial charge >= 0.3 is 278 Å². The molecule has 0 bridgehead atoms. The summed E-state index contributed by atoms with van der Waals surface area (Å²) in [5.41, 5.74) is 7.46. The van der Waals surface area contributed by atoms with Gasteiger partial charge in [0, 0.05) is 0 Å². The standard InChI is InChI=1S/C24H24GeO.C14H16GeN.Ir/c1-16(2)17-7-6-8-18(13-17)19-9-12-23-22(14-19)21-11-10-20(25(3,4)5)15-24(21)26-23;1-15(2,3)13-9-10-14(16-11-13)12-7-5-4-6-8-12;/h6-7,10-16H,1-5H3;4-7,9-11H,1-3H3;/q-2;-1;+3. The molecule has 0 unspecified atom stereocenters. The molecule has 6 aromatic rings. The van der Waals surface area contributed by atoms with E-state index >= 15 is 0 Å². The van der Waals surface area contributed by atoms with Crippen LogP contribution in [0.25, 0.3) is 44.3 Å². The van der Waals surface area contributed by atoms with E-state index in [4.69, 9.17) is 4.42 Å². The normalized spacial score (nSPS) is 11.7. The van der Waals surface area contributed by atoms with Crippen LogP contribution in [0.1, 0.15) is 25.3 Å². The molecule has 0 radical (unpaired) electrons. The van der Waals surface area contributed by atoms with Crippen LogP contribution in [-0.4, -0.2) is 31.5 Å². The number of rotatable bonds is 5. The third kappa shape index (κ3) is 8.00. The maximum absolute atomic E-state index is 6.13. The van der Waals surface area contributed by atoms with Crippen molar-refractivity contribution >= 4 is 57.3 Å². The molecule has 0 saturated carbocycles. The molecule has 0 saturated heterocycles. The number of fused-ring (bicyclic) bond motifs is 3. The van der Waals surface area contributed by atoms with Gasteiger partial charge in [0.05, 0.1) is 0 Å². The molecule has 0 aliphatic carbocycles. The molecule has 0 N–H and O–H groups in total. The Morgan fingerprint density at radius 1 is 0.651 bits per heavy atom. The Morgan fingerprint density at radius 2 is 1.35 bits per heavy atom. The van der Waals surface area contributed by atoms with Crippen molar-refractivity contribution < 1.29 is 24.5 Å². The maximum atomic E-state index is 6.13. The molecule has 5 heteroatoms. The molecule has 2 heterocycles. The van der Waals surface area contributed by atoms with Gasteiger partial charge in [-0.2, -0.15) is 0 Å². The Bertz CT molecular complexity index is 1810. The van der Waals surface area contributed by atoms with Gasteiger partial charge in [0.2, 0.25) is 0 Å². The van der Waals surface area contributed by atoms with Crippen LogP contribution >= 0.6 is 0 Å². The Balaban J connectivity index is 0.000000215. The molecule has 0 amide bonds. The topological polar surface area (TPSA) is 26.0 Å². The molecule has 43 heavy (non-hydrogen) atoms. The maximum Gasteiger partial charge on any atom is 3.00 e. The monoisotopic (exact) mass is 867 g/mol. The van der Waals surface area contributed by atoms with Crippen LogP contribution < -0.4 is 8.79 Å². The number of pyridine rings is 1. The van der Waals surface area contributed by atoms with Crippen LogP contribution in [0.15, 0.2) is 95.5 Å². The van der Waals surface area contributed by atoms with Crippen LogP contribution in [0, 0.1) is 18.2 Å². The number of benzene rings is 4. The van der Waals surface area contributed by atoms with Crippen molar-refractivity contribution in [2.75, 3.05) is 0 Å². The number of aromatic nitrogens is 1. The van der Waals surface area contributed by atoms with Crippen LogP contribution in [0.4, 0.5) is 0 Å². The van der Waals surface area contributed by atoms with Crippen LogP contribution in [-0.2, 0) is 20.1 Å². The number of hydrogen-bond acceptors (Lipinski definition) is 2. The minimum absolute atomic E-state index is 0. The van der Waals surface area contributed by atoms with Crippen molar-refractivity contribution in [3.63, 3.8) is 0 Å².